The van der Waals surface area contributed by atoms with Crippen molar-refractivity contribution in [3.8, 4) is 5.75 Å². The van der Waals surface area contributed by atoms with E-state index in [0.717, 1.165) is 12.2 Å². The number of carbonyl (C=O) groups excluding carboxylic acids is 2. The molecule has 0 aromatic heterocycles. The third-order valence-corrected chi connectivity index (χ3v) is 5.08. The highest BCUT2D eigenvalue weighted by molar-refractivity contribution is 6.22. The van der Waals surface area contributed by atoms with Gasteiger partial charge in [0.05, 0.1) is 24.8 Å². The highest BCUT2D eigenvalue weighted by Gasteiger charge is 2.41. The van der Waals surface area contributed by atoms with Crippen molar-refractivity contribution in [1.82, 2.24) is 5.32 Å². The molecule has 2 aliphatic rings. The van der Waals surface area contributed by atoms with Crippen LogP contribution in [-0.4, -0.2) is 30.5 Å². The lowest BCUT2D eigenvalue weighted by Crippen LogP contribution is -2.47. The third-order valence-electron chi connectivity index (χ3n) is 5.08. The minimum absolute atomic E-state index is 0.134. The Bertz CT molecular complexity index is 599. The van der Waals surface area contributed by atoms with Crippen LogP contribution in [0.4, 0.5) is 5.69 Å². The molecule has 5 heteroatoms. The molecule has 0 unspecified atom stereocenters. The lowest BCUT2D eigenvalue weighted by Gasteiger charge is -2.31. The van der Waals surface area contributed by atoms with E-state index in [0.29, 0.717) is 24.3 Å². The second-order valence-corrected chi connectivity index (χ2v) is 6.79. The monoisotopic (exact) mass is 330 g/mol. The van der Waals surface area contributed by atoms with Gasteiger partial charge in [0.2, 0.25) is 5.91 Å². The molecule has 0 bridgehead atoms. The Morgan fingerprint density at radius 2 is 1.88 bits per heavy atom. The SMILES string of the molecule is CCOc1ccc(N2C(=O)C[C@@H](N[C@H]3CCCC[C@@H]3C)C2=O)cc1. The molecule has 1 saturated carbocycles. The number of hydrogen-bond acceptors (Lipinski definition) is 4. The van der Waals surface area contributed by atoms with Crippen LogP contribution in [-0.2, 0) is 9.59 Å². The highest BCUT2D eigenvalue weighted by Crippen LogP contribution is 2.28. The number of anilines is 1. The molecule has 0 radical (unpaired) electrons. The summed E-state index contributed by atoms with van der Waals surface area (Å²) >= 11 is 0. The van der Waals surface area contributed by atoms with Crippen molar-refractivity contribution in [3.05, 3.63) is 24.3 Å². The second kappa shape index (κ2) is 7.34. The van der Waals surface area contributed by atoms with Gasteiger partial charge >= 0.3 is 0 Å². The van der Waals surface area contributed by atoms with Crippen LogP contribution in [0.15, 0.2) is 24.3 Å². The quantitative estimate of drug-likeness (QED) is 0.844. The summed E-state index contributed by atoms with van der Waals surface area (Å²) < 4.78 is 5.41. The zero-order chi connectivity index (χ0) is 17.1. The Labute approximate surface area is 143 Å². The van der Waals surface area contributed by atoms with E-state index in [-0.39, 0.29) is 18.2 Å². The van der Waals surface area contributed by atoms with Crippen LogP contribution < -0.4 is 15.0 Å². The minimum atomic E-state index is -0.394. The zero-order valence-corrected chi connectivity index (χ0v) is 14.5. The lowest BCUT2D eigenvalue weighted by molar-refractivity contribution is -0.121. The number of amides is 2. The van der Waals surface area contributed by atoms with Gasteiger partial charge in [-0.25, -0.2) is 4.90 Å². The Balaban J connectivity index is 1.69. The lowest BCUT2D eigenvalue weighted by atomic mass is 9.85. The molecule has 24 heavy (non-hydrogen) atoms. The Hall–Kier alpha value is -1.88. The third kappa shape index (κ3) is 3.46. The molecule has 3 rings (SSSR count). The van der Waals surface area contributed by atoms with Crippen molar-refractivity contribution in [2.45, 2.75) is 58.0 Å². The molecular formula is C19H26N2O3. The summed E-state index contributed by atoms with van der Waals surface area (Å²) in [6.07, 6.45) is 4.97. The molecule has 2 amide bonds. The maximum atomic E-state index is 12.7. The van der Waals surface area contributed by atoms with Gasteiger partial charge in [0, 0.05) is 6.04 Å². The average Bonchev–Trinajstić information content (AvgIpc) is 2.85. The number of nitrogens with one attached hydrogen (secondary N) is 1. The van der Waals surface area contributed by atoms with E-state index in [9.17, 15) is 9.59 Å². The first-order valence-electron chi connectivity index (χ1n) is 8.96. The second-order valence-electron chi connectivity index (χ2n) is 6.79. The van der Waals surface area contributed by atoms with Crippen LogP contribution in [0.1, 0.15) is 46.0 Å². The normalized spacial score (nSPS) is 27.6. The first kappa shape index (κ1) is 17.0. The van der Waals surface area contributed by atoms with Crippen LogP contribution in [0.5, 0.6) is 5.75 Å². The number of ether oxygens (including phenoxy) is 1. The van der Waals surface area contributed by atoms with Crippen molar-refractivity contribution < 1.29 is 14.3 Å². The number of hydrogen-bond donors (Lipinski definition) is 1. The van der Waals surface area contributed by atoms with E-state index < -0.39 is 6.04 Å². The first-order chi connectivity index (χ1) is 11.6. The molecule has 2 fully saturated rings. The Kier molecular flexibility index (Phi) is 5.19. The predicted molar refractivity (Wildman–Crippen MR) is 93.1 cm³/mol. The van der Waals surface area contributed by atoms with Gasteiger partial charge < -0.3 is 10.1 Å². The predicted octanol–water partition coefficient (Wildman–Crippen LogP) is 2.89. The molecule has 3 atom stereocenters. The summed E-state index contributed by atoms with van der Waals surface area (Å²) in [5, 5.41) is 3.44. The van der Waals surface area contributed by atoms with Crippen LogP contribution >= 0.6 is 0 Å². The standard InChI is InChI=1S/C19H26N2O3/c1-3-24-15-10-8-14(9-11-15)21-18(22)12-17(19(21)23)20-16-7-5-4-6-13(16)2/h8-11,13,16-17,20H,3-7,12H2,1-2H3/t13-,16-,17+/m0/s1. The van der Waals surface area contributed by atoms with Gasteiger partial charge in [0.1, 0.15) is 5.75 Å². The summed E-state index contributed by atoms with van der Waals surface area (Å²) in [5.74, 6) is 1.03. The Morgan fingerprint density at radius 1 is 1.17 bits per heavy atom. The van der Waals surface area contributed by atoms with Crippen LogP contribution in [0.25, 0.3) is 0 Å². The average molecular weight is 330 g/mol. The molecular weight excluding hydrogens is 304 g/mol. The van der Waals surface area contributed by atoms with Crippen LogP contribution in [0, 0.1) is 5.92 Å². The van der Waals surface area contributed by atoms with Crippen molar-refractivity contribution in [3.63, 3.8) is 0 Å². The van der Waals surface area contributed by atoms with Gasteiger partial charge in [-0.05, 0) is 49.9 Å². The van der Waals surface area contributed by atoms with Crippen LogP contribution in [0.3, 0.4) is 0 Å². The van der Waals surface area contributed by atoms with Gasteiger partial charge in [0.15, 0.2) is 0 Å². The van der Waals surface area contributed by atoms with Gasteiger partial charge in [-0.2, -0.15) is 0 Å². The summed E-state index contributed by atoms with van der Waals surface area (Å²) in [6, 6.07) is 7.07. The molecule has 1 aliphatic heterocycles. The fourth-order valence-electron chi connectivity index (χ4n) is 3.71. The van der Waals surface area contributed by atoms with Crippen molar-refractivity contribution in [2.24, 2.45) is 5.92 Å². The molecule has 1 aromatic carbocycles. The number of carbonyl (C=O) groups is 2. The topological polar surface area (TPSA) is 58.6 Å². The van der Waals surface area contributed by atoms with E-state index in [1.807, 2.05) is 6.92 Å². The molecule has 130 valence electrons. The van der Waals surface area contributed by atoms with E-state index in [2.05, 4.69) is 12.2 Å². The molecule has 0 spiro atoms. The van der Waals surface area contributed by atoms with Gasteiger partial charge in [-0.15, -0.1) is 0 Å². The fraction of sp³-hybridized carbons (Fsp3) is 0.579. The zero-order valence-electron chi connectivity index (χ0n) is 14.5. The summed E-state index contributed by atoms with van der Waals surface area (Å²) in [5.41, 5.74) is 0.620. The number of nitrogens with zero attached hydrogens (tertiary/aromatic N) is 1. The van der Waals surface area contributed by atoms with E-state index >= 15 is 0 Å². The van der Waals surface area contributed by atoms with Gasteiger partial charge in [-0.1, -0.05) is 19.8 Å². The highest BCUT2D eigenvalue weighted by atomic mass is 16.5. The maximum Gasteiger partial charge on any atom is 0.251 e. The van der Waals surface area contributed by atoms with Crippen molar-refractivity contribution >= 4 is 17.5 Å². The minimum Gasteiger partial charge on any atom is -0.494 e. The number of imide groups is 1. The number of rotatable bonds is 5. The summed E-state index contributed by atoms with van der Waals surface area (Å²) in [4.78, 5) is 26.4. The van der Waals surface area contributed by atoms with Crippen molar-refractivity contribution in [1.29, 1.82) is 0 Å². The molecule has 1 heterocycles. The first-order valence-corrected chi connectivity index (χ1v) is 8.96. The van der Waals surface area contributed by atoms with Gasteiger partial charge in [0.25, 0.3) is 5.91 Å². The van der Waals surface area contributed by atoms with E-state index in [4.69, 9.17) is 4.74 Å². The fourth-order valence-corrected chi connectivity index (χ4v) is 3.71. The maximum absolute atomic E-state index is 12.7. The number of benzene rings is 1. The molecule has 1 N–H and O–H groups in total. The van der Waals surface area contributed by atoms with Crippen molar-refractivity contribution in [2.75, 3.05) is 11.5 Å². The molecule has 1 aromatic rings. The molecule has 5 nitrogen and oxygen atoms in total. The van der Waals surface area contributed by atoms with Crippen LogP contribution in [0.2, 0.25) is 0 Å². The summed E-state index contributed by atoms with van der Waals surface area (Å²) in [6.45, 7) is 4.73. The Morgan fingerprint density at radius 3 is 2.54 bits per heavy atom. The molecule has 1 saturated heterocycles. The molecule has 1 aliphatic carbocycles. The summed E-state index contributed by atoms with van der Waals surface area (Å²) in [7, 11) is 0. The van der Waals surface area contributed by atoms with E-state index in [1.165, 1.54) is 24.2 Å². The smallest absolute Gasteiger partial charge is 0.251 e. The largest absolute Gasteiger partial charge is 0.494 e. The van der Waals surface area contributed by atoms with E-state index in [1.54, 1.807) is 24.3 Å². The van der Waals surface area contributed by atoms with Gasteiger partial charge in [-0.3, -0.25) is 9.59 Å².